The van der Waals surface area contributed by atoms with Crippen molar-refractivity contribution in [1.29, 1.82) is 0 Å². The van der Waals surface area contributed by atoms with Gasteiger partial charge in [0.2, 0.25) is 0 Å². The van der Waals surface area contributed by atoms with E-state index < -0.39 is 17.7 Å². The van der Waals surface area contributed by atoms with Crippen molar-refractivity contribution < 1.29 is 19.4 Å². The maximum absolute atomic E-state index is 13.2. The Morgan fingerprint density at radius 2 is 1.76 bits per heavy atom. The van der Waals surface area contributed by atoms with Gasteiger partial charge in [0.25, 0.3) is 11.7 Å². The summed E-state index contributed by atoms with van der Waals surface area (Å²) in [7, 11) is 3.91. The lowest BCUT2D eigenvalue weighted by Gasteiger charge is -2.26. The number of amides is 1. The summed E-state index contributed by atoms with van der Waals surface area (Å²) in [6, 6.07) is 21.3. The second-order valence-corrected chi connectivity index (χ2v) is 9.94. The molecule has 37 heavy (non-hydrogen) atoms. The van der Waals surface area contributed by atoms with E-state index in [1.54, 1.807) is 42.5 Å². The lowest BCUT2D eigenvalue weighted by atomic mass is 9.95. The van der Waals surface area contributed by atoms with Gasteiger partial charge in [-0.3, -0.25) is 9.59 Å². The van der Waals surface area contributed by atoms with Crippen LogP contribution in [-0.2, 0) is 16.2 Å². The molecule has 1 atom stereocenters. The highest BCUT2D eigenvalue weighted by Gasteiger charge is 2.45. The van der Waals surface area contributed by atoms with Crippen LogP contribution >= 0.6 is 11.6 Å². The van der Waals surface area contributed by atoms with E-state index >= 15 is 0 Å². The number of carbonyl (C=O) groups is 2. The van der Waals surface area contributed by atoms with Crippen LogP contribution in [0, 0.1) is 6.92 Å². The number of rotatable bonds is 9. The number of halogens is 1. The Kier molecular flexibility index (Phi) is 8.31. The van der Waals surface area contributed by atoms with Crippen LogP contribution in [0.15, 0.2) is 78.4 Å². The summed E-state index contributed by atoms with van der Waals surface area (Å²) >= 11 is 6.25. The van der Waals surface area contributed by atoms with Crippen LogP contribution in [0.3, 0.4) is 0 Å². The molecule has 3 aromatic carbocycles. The van der Waals surface area contributed by atoms with Crippen molar-refractivity contribution >= 4 is 29.1 Å². The molecular formula is C30H31ClN2O4. The van der Waals surface area contributed by atoms with E-state index in [-0.39, 0.29) is 11.3 Å². The maximum atomic E-state index is 13.2. The van der Waals surface area contributed by atoms with Gasteiger partial charge in [-0.2, -0.15) is 0 Å². The van der Waals surface area contributed by atoms with Gasteiger partial charge < -0.3 is 19.6 Å². The van der Waals surface area contributed by atoms with Gasteiger partial charge in [-0.1, -0.05) is 53.6 Å². The lowest BCUT2D eigenvalue weighted by Crippen LogP contribution is -2.32. The van der Waals surface area contributed by atoms with Crippen molar-refractivity contribution in [2.45, 2.75) is 26.0 Å². The number of benzene rings is 3. The third kappa shape index (κ3) is 6.21. The lowest BCUT2D eigenvalue weighted by molar-refractivity contribution is -0.139. The number of ether oxygens (including phenoxy) is 1. The SMILES string of the molecule is Cc1cccc(COc2ccc(/C(O)=C3/C(=O)C(=O)N(CCCN(C)C)C3c3cccc(Cl)c3)cc2)c1. The van der Waals surface area contributed by atoms with Gasteiger partial charge in [0.05, 0.1) is 11.6 Å². The molecule has 0 aliphatic carbocycles. The molecule has 4 rings (SSSR count). The fraction of sp³-hybridized carbons (Fsp3) is 0.267. The molecular weight excluding hydrogens is 488 g/mol. The standard InChI is InChI=1S/C30H31ClN2O4/c1-20-7-4-8-21(17-20)19-37-25-13-11-22(12-14-25)28(34)26-27(23-9-5-10-24(31)18-23)33(30(36)29(26)35)16-6-15-32(2)3/h4-5,7-14,17-18,27,34H,6,15-16,19H2,1-3H3/b28-26-. The van der Waals surface area contributed by atoms with E-state index in [1.807, 2.05) is 50.2 Å². The van der Waals surface area contributed by atoms with Crippen LogP contribution in [0.5, 0.6) is 5.75 Å². The van der Waals surface area contributed by atoms with Crippen LogP contribution in [0.2, 0.25) is 5.02 Å². The highest BCUT2D eigenvalue weighted by atomic mass is 35.5. The molecule has 192 valence electrons. The van der Waals surface area contributed by atoms with Gasteiger partial charge in [-0.25, -0.2) is 0 Å². The zero-order chi connectivity index (χ0) is 26.5. The number of aliphatic hydroxyl groups excluding tert-OH is 1. The summed E-state index contributed by atoms with van der Waals surface area (Å²) in [5.41, 5.74) is 3.39. The summed E-state index contributed by atoms with van der Waals surface area (Å²) in [5.74, 6) is -0.909. The predicted molar refractivity (Wildman–Crippen MR) is 146 cm³/mol. The first-order valence-corrected chi connectivity index (χ1v) is 12.6. The fourth-order valence-corrected chi connectivity index (χ4v) is 4.72. The molecule has 1 aliphatic heterocycles. The summed E-state index contributed by atoms with van der Waals surface area (Å²) in [6.07, 6.45) is 0.685. The molecule has 0 saturated carbocycles. The molecule has 1 unspecified atom stereocenters. The van der Waals surface area contributed by atoms with Crippen molar-refractivity contribution in [3.05, 3.63) is 106 Å². The zero-order valence-electron chi connectivity index (χ0n) is 21.3. The third-order valence-electron chi connectivity index (χ3n) is 6.32. The first-order chi connectivity index (χ1) is 17.7. The number of likely N-dealkylation sites (tertiary alicyclic amines) is 1. The number of carbonyl (C=O) groups excluding carboxylic acids is 2. The highest BCUT2D eigenvalue weighted by molar-refractivity contribution is 6.46. The van der Waals surface area contributed by atoms with E-state index in [2.05, 4.69) is 6.07 Å². The van der Waals surface area contributed by atoms with Crippen LogP contribution < -0.4 is 4.74 Å². The van der Waals surface area contributed by atoms with Crippen LogP contribution in [0.25, 0.3) is 5.76 Å². The molecule has 6 nitrogen and oxygen atoms in total. The quantitative estimate of drug-likeness (QED) is 0.227. The Labute approximate surface area is 222 Å². The fourth-order valence-electron chi connectivity index (χ4n) is 4.52. The Morgan fingerprint density at radius 1 is 1.03 bits per heavy atom. The highest BCUT2D eigenvalue weighted by Crippen LogP contribution is 2.40. The van der Waals surface area contributed by atoms with Crippen molar-refractivity contribution in [2.75, 3.05) is 27.2 Å². The monoisotopic (exact) mass is 518 g/mol. The van der Waals surface area contributed by atoms with E-state index in [4.69, 9.17) is 16.3 Å². The number of aliphatic hydroxyl groups is 1. The summed E-state index contributed by atoms with van der Waals surface area (Å²) in [6.45, 7) is 3.58. The van der Waals surface area contributed by atoms with Crippen molar-refractivity contribution in [3.63, 3.8) is 0 Å². The second kappa shape index (κ2) is 11.6. The molecule has 1 N–H and O–H groups in total. The van der Waals surface area contributed by atoms with Crippen LogP contribution in [-0.4, -0.2) is 53.8 Å². The first-order valence-electron chi connectivity index (χ1n) is 12.2. The number of nitrogens with zero attached hydrogens (tertiary/aromatic N) is 2. The summed E-state index contributed by atoms with van der Waals surface area (Å²) < 4.78 is 5.88. The smallest absolute Gasteiger partial charge is 0.295 e. The second-order valence-electron chi connectivity index (χ2n) is 9.51. The Balaban J connectivity index is 1.63. The normalized spacial score (nSPS) is 17.0. The molecule has 1 heterocycles. The summed E-state index contributed by atoms with van der Waals surface area (Å²) in [5, 5.41) is 11.8. The van der Waals surface area contributed by atoms with E-state index in [1.165, 1.54) is 4.90 Å². The van der Waals surface area contributed by atoms with Crippen molar-refractivity contribution in [3.8, 4) is 5.75 Å². The molecule has 0 bridgehead atoms. The van der Waals surface area contributed by atoms with Gasteiger partial charge in [0.15, 0.2) is 0 Å². The number of ketones is 1. The van der Waals surface area contributed by atoms with E-state index in [9.17, 15) is 14.7 Å². The maximum Gasteiger partial charge on any atom is 0.295 e. The van der Waals surface area contributed by atoms with E-state index in [0.29, 0.717) is 41.5 Å². The van der Waals surface area contributed by atoms with Gasteiger partial charge >= 0.3 is 0 Å². The van der Waals surface area contributed by atoms with Gasteiger partial charge in [-0.15, -0.1) is 0 Å². The number of Topliss-reactive ketones (excluding diaryl/α,β-unsaturated/α-hetero) is 1. The Morgan fingerprint density at radius 3 is 2.43 bits per heavy atom. The molecule has 0 radical (unpaired) electrons. The minimum absolute atomic E-state index is 0.0607. The van der Waals surface area contributed by atoms with Gasteiger partial charge in [0, 0.05) is 17.1 Å². The molecule has 0 spiro atoms. The topological polar surface area (TPSA) is 70.1 Å². The van der Waals surface area contributed by atoms with Gasteiger partial charge in [0.1, 0.15) is 18.1 Å². The number of aryl methyl sites for hydroxylation is 1. The molecule has 0 aromatic heterocycles. The zero-order valence-corrected chi connectivity index (χ0v) is 22.0. The molecule has 1 fully saturated rings. The summed E-state index contributed by atoms with van der Waals surface area (Å²) in [4.78, 5) is 29.8. The molecule has 1 amide bonds. The largest absolute Gasteiger partial charge is 0.507 e. The van der Waals surface area contributed by atoms with E-state index in [0.717, 1.165) is 17.7 Å². The average Bonchev–Trinajstić information content (AvgIpc) is 3.12. The average molecular weight is 519 g/mol. The molecule has 7 heteroatoms. The minimum Gasteiger partial charge on any atom is -0.507 e. The Bertz CT molecular complexity index is 1320. The first kappa shape index (κ1) is 26.5. The molecule has 1 saturated heterocycles. The number of hydrogen-bond donors (Lipinski definition) is 1. The molecule has 1 aliphatic rings. The van der Waals surface area contributed by atoms with Crippen molar-refractivity contribution in [2.24, 2.45) is 0 Å². The third-order valence-corrected chi connectivity index (χ3v) is 6.56. The van der Waals surface area contributed by atoms with Gasteiger partial charge in [-0.05, 0) is 81.5 Å². The minimum atomic E-state index is -0.724. The number of hydrogen-bond acceptors (Lipinski definition) is 5. The predicted octanol–water partition coefficient (Wildman–Crippen LogP) is 5.60. The Hall–Kier alpha value is -3.61. The van der Waals surface area contributed by atoms with Crippen molar-refractivity contribution in [1.82, 2.24) is 9.80 Å². The molecule has 3 aromatic rings. The van der Waals surface area contributed by atoms with Crippen LogP contribution in [0.4, 0.5) is 0 Å². The van der Waals surface area contributed by atoms with Crippen LogP contribution in [0.1, 0.15) is 34.7 Å².